The lowest BCUT2D eigenvalue weighted by atomic mass is 10.1. The zero-order chi connectivity index (χ0) is 21.8. The van der Waals surface area contributed by atoms with E-state index in [9.17, 15) is 14.4 Å². The lowest BCUT2D eigenvalue weighted by Crippen LogP contribution is -2.31. The Morgan fingerprint density at radius 1 is 1.10 bits per heavy atom. The minimum Gasteiger partial charge on any atom is -0.453 e. The fraction of sp³-hybridized carbons (Fsp3) is 0.304. The summed E-state index contributed by atoms with van der Waals surface area (Å²) in [6.45, 7) is 5.34. The maximum absolute atomic E-state index is 12.4. The minimum atomic E-state index is -0.940. The van der Waals surface area contributed by atoms with Crippen LogP contribution < -0.4 is 10.9 Å². The van der Waals surface area contributed by atoms with E-state index < -0.39 is 18.0 Å². The van der Waals surface area contributed by atoms with E-state index in [0.717, 1.165) is 16.8 Å². The number of para-hydroxylation sites is 2. The number of hydrogen-bond acceptors (Lipinski definition) is 5. The molecule has 0 unspecified atom stereocenters. The predicted molar refractivity (Wildman–Crippen MR) is 115 cm³/mol. The number of aryl methyl sites for hydroxylation is 3. The van der Waals surface area contributed by atoms with Gasteiger partial charge in [0.1, 0.15) is 5.82 Å². The third kappa shape index (κ3) is 4.56. The van der Waals surface area contributed by atoms with Gasteiger partial charge in [-0.25, -0.2) is 4.98 Å². The third-order valence-corrected chi connectivity index (χ3v) is 5.04. The fourth-order valence-electron chi connectivity index (χ4n) is 3.25. The van der Waals surface area contributed by atoms with Crippen LogP contribution in [0.3, 0.4) is 0 Å². The van der Waals surface area contributed by atoms with Crippen molar-refractivity contribution in [3.05, 3.63) is 69.8 Å². The summed E-state index contributed by atoms with van der Waals surface area (Å²) in [6, 6.07) is 12.8. The molecule has 0 spiro atoms. The summed E-state index contributed by atoms with van der Waals surface area (Å²) < 4.78 is 6.71. The third-order valence-electron chi connectivity index (χ3n) is 5.04. The fourth-order valence-corrected chi connectivity index (χ4v) is 3.25. The van der Waals surface area contributed by atoms with Gasteiger partial charge in [-0.05, 0) is 44.0 Å². The van der Waals surface area contributed by atoms with Crippen molar-refractivity contribution < 1.29 is 14.3 Å². The minimum absolute atomic E-state index is 0.0135. The van der Waals surface area contributed by atoms with E-state index >= 15 is 0 Å². The molecule has 7 heteroatoms. The van der Waals surface area contributed by atoms with Gasteiger partial charge in [0.2, 0.25) is 0 Å². The molecule has 1 aromatic heterocycles. The average molecular weight is 407 g/mol. The van der Waals surface area contributed by atoms with Crippen LogP contribution in [0, 0.1) is 13.8 Å². The first-order valence-electron chi connectivity index (χ1n) is 9.79. The molecule has 1 heterocycles. The number of ether oxygens (including phenoxy) is 1. The number of rotatable bonds is 6. The molecular formula is C23H25N3O4. The maximum Gasteiger partial charge on any atom is 0.307 e. The van der Waals surface area contributed by atoms with Gasteiger partial charge in [-0.3, -0.25) is 19.0 Å². The van der Waals surface area contributed by atoms with Gasteiger partial charge >= 0.3 is 5.97 Å². The predicted octanol–water partition coefficient (Wildman–Crippen LogP) is 3.05. The van der Waals surface area contributed by atoms with E-state index in [-0.39, 0.29) is 18.4 Å². The van der Waals surface area contributed by atoms with Gasteiger partial charge < -0.3 is 10.1 Å². The normalized spacial score (nSPS) is 11.9. The smallest absolute Gasteiger partial charge is 0.307 e. The second kappa shape index (κ2) is 8.90. The monoisotopic (exact) mass is 407 g/mol. The van der Waals surface area contributed by atoms with Crippen molar-refractivity contribution in [1.82, 2.24) is 9.55 Å². The van der Waals surface area contributed by atoms with Gasteiger partial charge in [-0.1, -0.05) is 30.3 Å². The number of amides is 1. The number of anilines is 1. The molecule has 0 radical (unpaired) electrons. The van der Waals surface area contributed by atoms with Crippen LogP contribution in [0.25, 0.3) is 10.9 Å². The van der Waals surface area contributed by atoms with Crippen LogP contribution >= 0.6 is 0 Å². The van der Waals surface area contributed by atoms with Gasteiger partial charge in [0.05, 0.1) is 17.3 Å². The number of nitrogens with one attached hydrogen (secondary N) is 1. The summed E-state index contributed by atoms with van der Waals surface area (Å²) in [7, 11) is 1.63. The molecule has 0 fully saturated rings. The summed E-state index contributed by atoms with van der Waals surface area (Å²) in [6.07, 6.45) is -0.690. The molecule has 1 atom stereocenters. The number of benzene rings is 2. The lowest BCUT2D eigenvalue weighted by Gasteiger charge is -2.16. The van der Waals surface area contributed by atoms with Crippen molar-refractivity contribution in [3.8, 4) is 0 Å². The van der Waals surface area contributed by atoms with Gasteiger partial charge in [0.15, 0.2) is 6.10 Å². The number of esters is 1. The molecule has 3 rings (SSSR count). The highest BCUT2D eigenvalue weighted by Crippen LogP contribution is 2.20. The number of fused-ring (bicyclic) bond motifs is 1. The number of carbonyl (C=O) groups is 2. The summed E-state index contributed by atoms with van der Waals surface area (Å²) in [4.78, 5) is 41.6. The van der Waals surface area contributed by atoms with E-state index in [4.69, 9.17) is 4.74 Å². The quantitative estimate of drug-likeness (QED) is 0.634. The van der Waals surface area contributed by atoms with Crippen molar-refractivity contribution >= 4 is 28.5 Å². The Kier molecular flexibility index (Phi) is 6.30. The van der Waals surface area contributed by atoms with Crippen molar-refractivity contribution in [2.45, 2.75) is 39.7 Å². The second-order valence-electron chi connectivity index (χ2n) is 7.30. The van der Waals surface area contributed by atoms with Crippen LogP contribution in [0.4, 0.5) is 5.69 Å². The maximum atomic E-state index is 12.4. The number of nitrogens with zero attached hydrogens (tertiary/aromatic N) is 2. The van der Waals surface area contributed by atoms with E-state index in [0.29, 0.717) is 16.7 Å². The van der Waals surface area contributed by atoms with Crippen LogP contribution in [0.5, 0.6) is 0 Å². The van der Waals surface area contributed by atoms with E-state index in [1.807, 2.05) is 38.1 Å². The average Bonchev–Trinajstić information content (AvgIpc) is 2.72. The SMILES string of the molecule is Cc1cccc(C)c1NC(=O)[C@@H](C)OC(=O)CCc1nc2ccccc2c(=O)n1C. The molecule has 156 valence electrons. The Hall–Kier alpha value is -3.48. The molecule has 0 saturated heterocycles. The van der Waals surface area contributed by atoms with Crippen LogP contribution in [0.15, 0.2) is 47.3 Å². The number of aromatic nitrogens is 2. The summed E-state index contributed by atoms with van der Waals surface area (Å²) in [5, 5.41) is 3.35. The van der Waals surface area contributed by atoms with E-state index in [1.165, 1.54) is 11.5 Å². The summed E-state index contributed by atoms with van der Waals surface area (Å²) in [5.41, 5.74) is 3.02. The van der Waals surface area contributed by atoms with E-state index in [1.54, 1.807) is 25.2 Å². The molecule has 0 bridgehead atoms. The number of hydrogen-bond donors (Lipinski definition) is 1. The zero-order valence-electron chi connectivity index (χ0n) is 17.6. The first kappa shape index (κ1) is 21.2. The molecule has 1 amide bonds. The second-order valence-corrected chi connectivity index (χ2v) is 7.30. The van der Waals surface area contributed by atoms with E-state index in [2.05, 4.69) is 10.3 Å². The lowest BCUT2D eigenvalue weighted by molar-refractivity contribution is -0.153. The highest BCUT2D eigenvalue weighted by molar-refractivity contribution is 5.96. The van der Waals surface area contributed by atoms with Crippen LogP contribution in [0.1, 0.15) is 30.3 Å². The molecule has 1 N–H and O–H groups in total. The van der Waals surface area contributed by atoms with Crippen LogP contribution in [-0.2, 0) is 27.8 Å². The van der Waals surface area contributed by atoms with Crippen LogP contribution in [0.2, 0.25) is 0 Å². The molecule has 0 aliphatic carbocycles. The summed E-state index contributed by atoms with van der Waals surface area (Å²) >= 11 is 0. The standard InChI is InChI=1S/C23H25N3O4/c1-14-8-7-9-15(2)21(14)25-22(28)16(3)30-20(27)13-12-19-24-18-11-6-5-10-17(18)23(29)26(19)4/h5-11,16H,12-13H2,1-4H3,(H,25,28)/t16-/m1/s1. The largest absolute Gasteiger partial charge is 0.453 e. The Morgan fingerprint density at radius 3 is 2.47 bits per heavy atom. The Balaban J connectivity index is 1.62. The molecule has 0 aliphatic heterocycles. The van der Waals surface area contributed by atoms with Crippen molar-refractivity contribution in [2.75, 3.05) is 5.32 Å². The molecule has 0 saturated carbocycles. The van der Waals surface area contributed by atoms with Crippen molar-refractivity contribution in [2.24, 2.45) is 7.05 Å². The summed E-state index contributed by atoms with van der Waals surface area (Å²) in [5.74, 6) is -0.429. The zero-order valence-corrected chi connectivity index (χ0v) is 17.6. The Morgan fingerprint density at radius 2 is 1.77 bits per heavy atom. The van der Waals surface area contributed by atoms with Gasteiger partial charge in [0, 0.05) is 19.2 Å². The topological polar surface area (TPSA) is 90.3 Å². The molecule has 30 heavy (non-hydrogen) atoms. The Bertz CT molecular complexity index is 1150. The van der Waals surface area contributed by atoms with Gasteiger partial charge in [-0.15, -0.1) is 0 Å². The highest BCUT2D eigenvalue weighted by Gasteiger charge is 2.20. The first-order chi connectivity index (χ1) is 14.3. The molecule has 3 aromatic rings. The molecule has 2 aromatic carbocycles. The highest BCUT2D eigenvalue weighted by atomic mass is 16.5. The van der Waals surface area contributed by atoms with Gasteiger partial charge in [0.25, 0.3) is 11.5 Å². The number of carbonyl (C=O) groups excluding carboxylic acids is 2. The van der Waals surface area contributed by atoms with Gasteiger partial charge in [-0.2, -0.15) is 0 Å². The van der Waals surface area contributed by atoms with Crippen molar-refractivity contribution in [3.63, 3.8) is 0 Å². The van der Waals surface area contributed by atoms with Crippen molar-refractivity contribution in [1.29, 1.82) is 0 Å². The molecule has 7 nitrogen and oxygen atoms in total. The molecule has 0 aliphatic rings. The molecular weight excluding hydrogens is 382 g/mol. The Labute approximate surface area is 174 Å². The first-order valence-corrected chi connectivity index (χ1v) is 9.79. The van der Waals surface area contributed by atoms with Crippen LogP contribution in [-0.4, -0.2) is 27.5 Å².